The van der Waals surface area contributed by atoms with E-state index in [9.17, 15) is 14.4 Å². The number of rotatable bonds is 3. The van der Waals surface area contributed by atoms with E-state index in [-0.39, 0.29) is 17.4 Å². The van der Waals surface area contributed by atoms with Gasteiger partial charge in [-0.1, -0.05) is 24.3 Å². The first-order chi connectivity index (χ1) is 14.4. The highest BCUT2D eigenvalue weighted by Crippen LogP contribution is 2.38. The molecule has 2 amide bonds. The summed E-state index contributed by atoms with van der Waals surface area (Å²) in [4.78, 5) is 48.8. The van der Waals surface area contributed by atoms with Crippen molar-refractivity contribution in [1.29, 1.82) is 0 Å². The van der Waals surface area contributed by atoms with Crippen LogP contribution in [0.5, 0.6) is 0 Å². The van der Waals surface area contributed by atoms with Crippen LogP contribution in [0, 0.1) is 13.8 Å². The summed E-state index contributed by atoms with van der Waals surface area (Å²) in [6, 6.07) is 10.3. The molecule has 4 aromatic rings. The minimum absolute atomic E-state index is 0.0513. The van der Waals surface area contributed by atoms with Crippen molar-refractivity contribution in [3.05, 3.63) is 63.8 Å². The summed E-state index contributed by atoms with van der Waals surface area (Å²) in [6.45, 7) is 4.97. The molecule has 1 atom stereocenters. The van der Waals surface area contributed by atoms with Gasteiger partial charge >= 0.3 is 0 Å². The average Bonchev–Trinajstić information content (AvgIpc) is 3.23. The molecule has 2 aromatic heterocycles. The summed E-state index contributed by atoms with van der Waals surface area (Å²) in [5.74, 6) is 0.0456. The molecular weight excluding hydrogens is 384 g/mol. The fourth-order valence-electron chi connectivity index (χ4n) is 3.94. The second kappa shape index (κ2) is 6.24. The summed E-state index contributed by atoms with van der Waals surface area (Å²) < 4.78 is 1.18. The fraction of sp³-hybridized carbons (Fsp3) is 0.190. The molecular formula is C21H18N6O3. The van der Waals surface area contributed by atoms with E-state index in [1.807, 2.05) is 30.3 Å². The van der Waals surface area contributed by atoms with E-state index in [1.54, 1.807) is 26.8 Å². The van der Waals surface area contributed by atoms with Crippen LogP contribution in [-0.4, -0.2) is 37.4 Å². The van der Waals surface area contributed by atoms with E-state index < -0.39 is 17.5 Å². The smallest absolute Gasteiger partial charge is 0.298 e. The third-order valence-electron chi connectivity index (χ3n) is 5.39. The van der Waals surface area contributed by atoms with Gasteiger partial charge in [0, 0.05) is 10.9 Å². The maximum absolute atomic E-state index is 13.1. The number of anilines is 2. The zero-order valence-corrected chi connectivity index (χ0v) is 16.6. The third-order valence-corrected chi connectivity index (χ3v) is 5.39. The zero-order valence-electron chi connectivity index (χ0n) is 16.6. The fourth-order valence-corrected chi connectivity index (χ4v) is 3.94. The molecule has 5 rings (SSSR count). The molecule has 1 aliphatic heterocycles. The maximum Gasteiger partial charge on any atom is 0.298 e. The lowest BCUT2D eigenvalue weighted by Gasteiger charge is -2.24. The Hall–Kier alpha value is -4.01. The Bertz CT molecular complexity index is 1430. The Morgan fingerprint density at radius 1 is 1.10 bits per heavy atom. The van der Waals surface area contributed by atoms with Crippen LogP contribution in [-0.2, 0) is 4.79 Å². The number of aryl methyl sites for hydroxylation is 2. The molecule has 2 aromatic carbocycles. The Balaban J connectivity index is 1.52. The van der Waals surface area contributed by atoms with E-state index >= 15 is 0 Å². The molecule has 9 heteroatoms. The summed E-state index contributed by atoms with van der Waals surface area (Å²) in [6.07, 6.45) is 0. The number of amides is 2. The second-order valence-corrected chi connectivity index (χ2v) is 7.34. The van der Waals surface area contributed by atoms with E-state index in [0.29, 0.717) is 22.8 Å². The lowest BCUT2D eigenvalue weighted by molar-refractivity contribution is -0.117. The highest BCUT2D eigenvalue weighted by Gasteiger charge is 2.36. The van der Waals surface area contributed by atoms with Crippen molar-refractivity contribution in [3.8, 4) is 0 Å². The molecule has 0 aliphatic carbocycles. The van der Waals surface area contributed by atoms with Crippen LogP contribution in [0.4, 0.5) is 11.4 Å². The minimum atomic E-state index is -0.835. The number of H-pyrrole nitrogens is 1. The monoisotopic (exact) mass is 402 g/mol. The quantitative estimate of drug-likeness (QED) is 0.545. The Kier molecular flexibility index (Phi) is 3.76. The lowest BCUT2D eigenvalue weighted by Crippen LogP contribution is -2.44. The average molecular weight is 402 g/mol. The number of carbonyl (C=O) groups is 2. The number of aromatic amines is 1. The first-order valence-electron chi connectivity index (χ1n) is 9.49. The number of benzene rings is 2. The molecule has 0 bridgehead atoms. The molecule has 0 spiro atoms. The van der Waals surface area contributed by atoms with Gasteiger partial charge in [0.15, 0.2) is 0 Å². The van der Waals surface area contributed by atoms with Crippen LogP contribution in [0.1, 0.15) is 28.8 Å². The highest BCUT2D eigenvalue weighted by molar-refractivity contribution is 6.26. The molecule has 3 heterocycles. The Morgan fingerprint density at radius 3 is 2.60 bits per heavy atom. The van der Waals surface area contributed by atoms with Gasteiger partial charge in [-0.15, -0.1) is 0 Å². The summed E-state index contributed by atoms with van der Waals surface area (Å²) in [5.41, 5.74) is 1.19. The van der Waals surface area contributed by atoms with E-state index in [2.05, 4.69) is 20.4 Å². The van der Waals surface area contributed by atoms with E-state index in [0.717, 1.165) is 10.8 Å². The normalized spacial score (nSPS) is 14.0. The summed E-state index contributed by atoms with van der Waals surface area (Å²) >= 11 is 0. The molecule has 1 unspecified atom stereocenters. The number of hydrogen-bond donors (Lipinski definition) is 2. The van der Waals surface area contributed by atoms with Gasteiger partial charge in [-0.2, -0.15) is 9.50 Å². The molecule has 0 fully saturated rings. The maximum atomic E-state index is 13.1. The van der Waals surface area contributed by atoms with Crippen molar-refractivity contribution in [2.24, 2.45) is 0 Å². The predicted octanol–water partition coefficient (Wildman–Crippen LogP) is 2.18. The van der Waals surface area contributed by atoms with Crippen molar-refractivity contribution in [3.63, 3.8) is 0 Å². The minimum Gasteiger partial charge on any atom is -0.318 e. The van der Waals surface area contributed by atoms with Crippen LogP contribution in [0.15, 0.2) is 41.2 Å². The summed E-state index contributed by atoms with van der Waals surface area (Å²) in [7, 11) is 0. The Morgan fingerprint density at radius 2 is 1.83 bits per heavy atom. The van der Waals surface area contributed by atoms with Crippen molar-refractivity contribution < 1.29 is 9.59 Å². The molecule has 0 saturated carbocycles. The molecule has 0 radical (unpaired) electrons. The highest BCUT2D eigenvalue weighted by atomic mass is 16.2. The third kappa shape index (κ3) is 2.45. The zero-order chi connectivity index (χ0) is 21.2. The second-order valence-electron chi connectivity index (χ2n) is 7.34. The van der Waals surface area contributed by atoms with Gasteiger partial charge in [0.05, 0.1) is 11.4 Å². The SMILES string of the molecule is Cc1nc2nc(C)c(NC(=O)C(C)N3C(=O)c4cccc5cccc3c45)c(=O)n2[nH]1. The number of nitrogens with zero attached hydrogens (tertiary/aromatic N) is 4. The Labute approximate surface area is 170 Å². The van der Waals surface area contributed by atoms with Crippen LogP contribution in [0.2, 0.25) is 0 Å². The van der Waals surface area contributed by atoms with Crippen molar-refractivity contribution in [1.82, 2.24) is 19.6 Å². The molecule has 150 valence electrons. The first-order valence-corrected chi connectivity index (χ1v) is 9.49. The largest absolute Gasteiger partial charge is 0.318 e. The van der Waals surface area contributed by atoms with Gasteiger partial charge in [-0.3, -0.25) is 24.4 Å². The topological polar surface area (TPSA) is 112 Å². The first kappa shape index (κ1) is 18.0. The molecule has 9 nitrogen and oxygen atoms in total. The number of nitrogens with one attached hydrogen (secondary N) is 2. The summed E-state index contributed by atoms with van der Waals surface area (Å²) in [5, 5.41) is 7.23. The number of fused-ring (bicyclic) bond motifs is 1. The van der Waals surface area contributed by atoms with Gasteiger partial charge in [-0.25, -0.2) is 4.98 Å². The predicted molar refractivity (Wildman–Crippen MR) is 112 cm³/mol. The molecule has 2 N–H and O–H groups in total. The lowest BCUT2D eigenvalue weighted by atomic mass is 10.1. The van der Waals surface area contributed by atoms with Gasteiger partial charge in [0.2, 0.25) is 5.91 Å². The molecule has 30 heavy (non-hydrogen) atoms. The van der Waals surface area contributed by atoms with E-state index in [1.165, 1.54) is 9.42 Å². The standard InChI is InChI=1S/C21H18N6O3/c1-10-17(20(30)27-21(22-10)23-12(3)25-27)24-18(28)11(2)26-15-9-5-7-13-6-4-8-14(16(13)15)19(26)29/h4-9,11H,1-3H3,(H,24,28)(H,22,23,25). The van der Waals surface area contributed by atoms with Crippen molar-refractivity contribution in [2.75, 3.05) is 10.2 Å². The number of carbonyl (C=O) groups excluding carboxylic acids is 2. The van der Waals surface area contributed by atoms with Crippen LogP contribution < -0.4 is 15.8 Å². The van der Waals surface area contributed by atoms with Gasteiger partial charge in [0.1, 0.15) is 17.6 Å². The van der Waals surface area contributed by atoms with Crippen molar-refractivity contribution >= 4 is 39.7 Å². The van der Waals surface area contributed by atoms with Gasteiger partial charge < -0.3 is 5.32 Å². The van der Waals surface area contributed by atoms with Gasteiger partial charge in [0.25, 0.3) is 17.2 Å². The van der Waals surface area contributed by atoms with Gasteiger partial charge in [-0.05, 0) is 38.3 Å². The van der Waals surface area contributed by atoms with E-state index in [4.69, 9.17) is 0 Å². The number of hydrogen-bond acceptors (Lipinski definition) is 5. The van der Waals surface area contributed by atoms with Crippen molar-refractivity contribution in [2.45, 2.75) is 26.8 Å². The number of aromatic nitrogens is 4. The molecule has 1 aliphatic rings. The van der Waals surface area contributed by atoms with Crippen LogP contribution in [0.25, 0.3) is 16.6 Å². The molecule has 0 saturated heterocycles. The van der Waals surface area contributed by atoms with Crippen LogP contribution in [0.3, 0.4) is 0 Å². The van der Waals surface area contributed by atoms with Crippen LogP contribution >= 0.6 is 0 Å².